The summed E-state index contributed by atoms with van der Waals surface area (Å²) in [6.07, 6.45) is 4.03. The van der Waals surface area contributed by atoms with E-state index in [0.717, 1.165) is 34.9 Å². The van der Waals surface area contributed by atoms with E-state index in [4.69, 9.17) is 18.6 Å². The molecule has 6 heteroatoms. The maximum absolute atomic E-state index is 12.5. The highest BCUT2D eigenvalue weighted by atomic mass is 16.5. The predicted octanol–water partition coefficient (Wildman–Crippen LogP) is 5.18. The van der Waals surface area contributed by atoms with Gasteiger partial charge in [-0.2, -0.15) is 0 Å². The van der Waals surface area contributed by atoms with E-state index < -0.39 is 5.97 Å². The molecule has 0 N–H and O–H groups in total. The molecule has 32 heavy (non-hydrogen) atoms. The second kappa shape index (κ2) is 10.7. The van der Waals surface area contributed by atoms with Crippen molar-refractivity contribution < 1.29 is 23.4 Å². The highest BCUT2D eigenvalue weighted by Crippen LogP contribution is 2.27. The first-order chi connectivity index (χ1) is 15.5. The maximum atomic E-state index is 12.5. The summed E-state index contributed by atoms with van der Waals surface area (Å²) in [7, 11) is 2.80. The van der Waals surface area contributed by atoms with E-state index in [1.54, 1.807) is 12.1 Å². The SMILES string of the molecule is CCCCc1c(C)c2ccc(OCc3ccccc3/C(=C/OC)C(=O)OC)cc2oc1=O. The molecule has 0 bridgehead atoms. The number of aryl methyl sites for hydroxylation is 1. The van der Waals surface area contributed by atoms with Crippen LogP contribution in [-0.2, 0) is 27.3 Å². The largest absolute Gasteiger partial charge is 0.503 e. The Bertz CT molecular complexity index is 1190. The van der Waals surface area contributed by atoms with E-state index in [2.05, 4.69) is 6.92 Å². The number of hydrogen-bond donors (Lipinski definition) is 0. The van der Waals surface area contributed by atoms with E-state index in [1.165, 1.54) is 20.5 Å². The van der Waals surface area contributed by atoms with Gasteiger partial charge in [0.1, 0.15) is 23.5 Å². The second-order valence-electron chi connectivity index (χ2n) is 7.46. The summed E-state index contributed by atoms with van der Waals surface area (Å²) >= 11 is 0. The lowest BCUT2D eigenvalue weighted by atomic mass is 10.0. The number of carbonyl (C=O) groups excluding carboxylic acids is 1. The van der Waals surface area contributed by atoms with E-state index in [9.17, 15) is 9.59 Å². The normalized spacial score (nSPS) is 11.4. The number of unbranched alkanes of at least 4 members (excludes halogenated alkanes) is 1. The van der Waals surface area contributed by atoms with Crippen LogP contribution in [0.15, 0.2) is 57.9 Å². The van der Waals surface area contributed by atoms with Crippen molar-refractivity contribution in [2.45, 2.75) is 39.7 Å². The smallest absolute Gasteiger partial charge is 0.341 e. The topological polar surface area (TPSA) is 75.0 Å². The number of benzene rings is 2. The van der Waals surface area contributed by atoms with Gasteiger partial charge >= 0.3 is 11.6 Å². The van der Waals surface area contributed by atoms with Crippen molar-refractivity contribution in [2.75, 3.05) is 14.2 Å². The quantitative estimate of drug-likeness (QED) is 0.199. The van der Waals surface area contributed by atoms with Gasteiger partial charge in [0.05, 0.1) is 20.5 Å². The van der Waals surface area contributed by atoms with Gasteiger partial charge in [0.25, 0.3) is 0 Å². The molecule has 0 amide bonds. The number of methoxy groups -OCH3 is 2. The summed E-state index contributed by atoms with van der Waals surface area (Å²) in [6.45, 7) is 4.26. The van der Waals surface area contributed by atoms with Crippen LogP contribution < -0.4 is 10.4 Å². The van der Waals surface area contributed by atoms with Crippen LogP contribution in [0.4, 0.5) is 0 Å². The lowest BCUT2D eigenvalue weighted by Crippen LogP contribution is -2.10. The van der Waals surface area contributed by atoms with Gasteiger partial charge in [-0.05, 0) is 48.6 Å². The lowest BCUT2D eigenvalue weighted by Gasteiger charge is -2.13. The van der Waals surface area contributed by atoms with Crippen LogP contribution in [0.2, 0.25) is 0 Å². The summed E-state index contributed by atoms with van der Waals surface area (Å²) < 4.78 is 21.5. The highest BCUT2D eigenvalue weighted by Gasteiger charge is 2.17. The monoisotopic (exact) mass is 436 g/mol. The molecule has 6 nitrogen and oxygen atoms in total. The first-order valence-electron chi connectivity index (χ1n) is 10.6. The van der Waals surface area contributed by atoms with Gasteiger partial charge in [-0.15, -0.1) is 0 Å². The van der Waals surface area contributed by atoms with Crippen molar-refractivity contribution in [3.05, 3.63) is 81.4 Å². The Morgan fingerprint density at radius 2 is 1.91 bits per heavy atom. The van der Waals surface area contributed by atoms with Crippen LogP contribution in [0.5, 0.6) is 5.75 Å². The first kappa shape index (κ1) is 23.1. The fraction of sp³-hybridized carbons (Fsp3) is 0.308. The molecule has 0 aliphatic rings. The summed E-state index contributed by atoms with van der Waals surface area (Å²) in [5, 5.41) is 0.902. The predicted molar refractivity (Wildman–Crippen MR) is 124 cm³/mol. The van der Waals surface area contributed by atoms with Crippen molar-refractivity contribution in [1.82, 2.24) is 0 Å². The number of carbonyl (C=O) groups is 1. The standard InChI is InChI=1S/C26H28O6/c1-5-6-10-21-17(2)20-13-12-19(14-24(20)32-26(21)28)31-15-18-9-7-8-11-22(18)23(16-29-3)25(27)30-4/h7-9,11-14,16H,5-6,10,15H2,1-4H3/b23-16-. The molecule has 1 aromatic heterocycles. The van der Waals surface area contributed by atoms with Crippen molar-refractivity contribution in [2.24, 2.45) is 0 Å². The van der Waals surface area contributed by atoms with E-state index >= 15 is 0 Å². The summed E-state index contributed by atoms with van der Waals surface area (Å²) in [5.41, 5.74) is 3.63. The molecule has 168 valence electrons. The van der Waals surface area contributed by atoms with Crippen molar-refractivity contribution in [3.63, 3.8) is 0 Å². The van der Waals surface area contributed by atoms with Crippen LogP contribution in [0.3, 0.4) is 0 Å². The van der Waals surface area contributed by atoms with Crippen molar-refractivity contribution in [1.29, 1.82) is 0 Å². The molecule has 0 radical (unpaired) electrons. The Labute approximate surface area is 187 Å². The first-order valence-corrected chi connectivity index (χ1v) is 10.6. The minimum absolute atomic E-state index is 0.206. The minimum Gasteiger partial charge on any atom is -0.503 e. The molecule has 2 aromatic carbocycles. The molecule has 1 heterocycles. The second-order valence-corrected chi connectivity index (χ2v) is 7.46. The van der Waals surface area contributed by atoms with Gasteiger partial charge in [0.2, 0.25) is 0 Å². The molecule has 0 aliphatic carbocycles. The molecular formula is C26H28O6. The summed E-state index contributed by atoms with van der Waals surface area (Å²) in [4.78, 5) is 24.6. The molecule has 0 spiro atoms. The number of esters is 1. The van der Waals surface area contributed by atoms with Crippen LogP contribution in [-0.4, -0.2) is 20.2 Å². The third-order valence-electron chi connectivity index (χ3n) is 5.38. The number of hydrogen-bond acceptors (Lipinski definition) is 6. The Balaban J connectivity index is 1.88. The summed E-state index contributed by atoms with van der Waals surface area (Å²) in [6, 6.07) is 12.9. The molecule has 3 rings (SSSR count). The van der Waals surface area contributed by atoms with Crippen LogP contribution >= 0.6 is 0 Å². The van der Waals surface area contributed by atoms with Crippen LogP contribution in [0.25, 0.3) is 16.5 Å². The maximum Gasteiger partial charge on any atom is 0.341 e. The highest BCUT2D eigenvalue weighted by molar-refractivity contribution is 6.16. The fourth-order valence-corrected chi connectivity index (χ4v) is 3.63. The molecule has 0 aliphatic heterocycles. The Morgan fingerprint density at radius 3 is 2.62 bits per heavy atom. The minimum atomic E-state index is -0.499. The Morgan fingerprint density at radius 1 is 1.12 bits per heavy atom. The van der Waals surface area contributed by atoms with Gasteiger partial charge < -0.3 is 18.6 Å². The average molecular weight is 437 g/mol. The van der Waals surface area contributed by atoms with E-state index in [0.29, 0.717) is 28.9 Å². The van der Waals surface area contributed by atoms with E-state index in [1.807, 2.05) is 37.3 Å². The fourth-order valence-electron chi connectivity index (χ4n) is 3.63. The Hall–Kier alpha value is -3.54. The van der Waals surface area contributed by atoms with Gasteiger partial charge in [0.15, 0.2) is 0 Å². The average Bonchev–Trinajstić information content (AvgIpc) is 2.80. The van der Waals surface area contributed by atoms with Gasteiger partial charge in [-0.3, -0.25) is 0 Å². The number of rotatable bonds is 9. The zero-order valence-corrected chi connectivity index (χ0v) is 18.9. The molecule has 0 fully saturated rings. The zero-order valence-electron chi connectivity index (χ0n) is 18.9. The molecular weight excluding hydrogens is 408 g/mol. The third-order valence-corrected chi connectivity index (χ3v) is 5.38. The van der Waals surface area contributed by atoms with Gasteiger partial charge in [0, 0.05) is 17.0 Å². The van der Waals surface area contributed by atoms with E-state index in [-0.39, 0.29) is 12.2 Å². The third kappa shape index (κ3) is 5.02. The molecule has 0 saturated heterocycles. The zero-order chi connectivity index (χ0) is 23.1. The summed E-state index contributed by atoms with van der Waals surface area (Å²) in [5.74, 6) is 0.0626. The molecule has 0 atom stereocenters. The Kier molecular flexibility index (Phi) is 7.71. The van der Waals surface area contributed by atoms with Gasteiger partial charge in [-0.1, -0.05) is 37.6 Å². The van der Waals surface area contributed by atoms with Crippen molar-refractivity contribution >= 4 is 22.5 Å². The van der Waals surface area contributed by atoms with Crippen molar-refractivity contribution in [3.8, 4) is 5.75 Å². The number of fused-ring (bicyclic) bond motifs is 1. The van der Waals surface area contributed by atoms with Gasteiger partial charge in [-0.25, -0.2) is 9.59 Å². The van der Waals surface area contributed by atoms with Crippen LogP contribution in [0, 0.1) is 6.92 Å². The molecule has 0 unspecified atom stereocenters. The lowest BCUT2D eigenvalue weighted by molar-refractivity contribution is -0.133. The number of ether oxygens (including phenoxy) is 3. The molecule has 3 aromatic rings. The van der Waals surface area contributed by atoms with Crippen LogP contribution in [0.1, 0.15) is 42.0 Å². The molecule has 0 saturated carbocycles.